The lowest BCUT2D eigenvalue weighted by molar-refractivity contribution is 0.0950. The molecule has 1 amide bonds. The third-order valence-electron chi connectivity index (χ3n) is 2.94. The molecule has 2 aromatic rings. The van der Waals surface area contributed by atoms with E-state index in [9.17, 15) is 18.3 Å². The number of hydrogen-bond acceptors (Lipinski definition) is 5. The highest BCUT2D eigenvalue weighted by atomic mass is 35.5. The van der Waals surface area contributed by atoms with E-state index in [0.29, 0.717) is 0 Å². The zero-order valence-corrected chi connectivity index (χ0v) is 14.2. The molecule has 0 aliphatic carbocycles. The summed E-state index contributed by atoms with van der Waals surface area (Å²) in [7, 11) is -3.45. The third kappa shape index (κ3) is 4.13. The summed E-state index contributed by atoms with van der Waals surface area (Å²) < 4.78 is 23.4. The van der Waals surface area contributed by atoms with Gasteiger partial charge in [0.25, 0.3) is 5.91 Å². The molecule has 0 bridgehead atoms. The van der Waals surface area contributed by atoms with Crippen molar-refractivity contribution in [3.63, 3.8) is 0 Å². The zero-order chi connectivity index (χ0) is 17.2. The van der Waals surface area contributed by atoms with E-state index >= 15 is 0 Å². The Morgan fingerprint density at radius 3 is 2.48 bits per heavy atom. The van der Waals surface area contributed by atoms with Crippen LogP contribution in [-0.2, 0) is 16.4 Å². The first kappa shape index (κ1) is 17.5. The lowest BCUT2D eigenvalue weighted by Gasteiger charge is -2.09. The number of nitrogens with one attached hydrogen (secondary N) is 1. The summed E-state index contributed by atoms with van der Waals surface area (Å²) in [6.45, 7) is -0.0851. The minimum Gasteiger partial charge on any atom is -0.505 e. The van der Waals surface area contributed by atoms with Crippen molar-refractivity contribution in [2.75, 3.05) is 6.26 Å². The van der Waals surface area contributed by atoms with Gasteiger partial charge in [-0.05, 0) is 24.3 Å². The number of aromatic hydroxyl groups is 1. The van der Waals surface area contributed by atoms with Crippen molar-refractivity contribution in [1.29, 1.82) is 0 Å². The quantitative estimate of drug-likeness (QED) is 0.856. The van der Waals surface area contributed by atoms with E-state index < -0.39 is 15.7 Å². The van der Waals surface area contributed by atoms with Crippen molar-refractivity contribution in [2.45, 2.75) is 11.4 Å². The van der Waals surface area contributed by atoms with Gasteiger partial charge < -0.3 is 10.4 Å². The minimum absolute atomic E-state index is 0.0436. The number of phenols is 1. The standard InChI is InChI=1S/C14H12Cl2N2O4S/c1-23(21,22)12-3-2-4-17-11(12)7-18-14(20)8-5-9(15)13(19)10(16)6-8/h2-6,19H,7H2,1H3,(H,18,20). The van der Waals surface area contributed by atoms with Crippen molar-refractivity contribution in [2.24, 2.45) is 0 Å². The van der Waals surface area contributed by atoms with Crippen LogP contribution >= 0.6 is 23.2 Å². The maximum atomic E-state index is 12.1. The molecule has 0 aliphatic heterocycles. The van der Waals surface area contributed by atoms with Gasteiger partial charge in [-0.3, -0.25) is 9.78 Å². The Hall–Kier alpha value is -1.83. The van der Waals surface area contributed by atoms with E-state index in [4.69, 9.17) is 23.2 Å². The number of benzene rings is 1. The number of aromatic nitrogens is 1. The molecule has 1 aromatic carbocycles. The number of rotatable bonds is 4. The highest BCUT2D eigenvalue weighted by Gasteiger charge is 2.16. The Labute approximate surface area is 143 Å². The lowest BCUT2D eigenvalue weighted by atomic mass is 10.2. The molecule has 0 saturated carbocycles. The molecule has 122 valence electrons. The second-order valence-corrected chi connectivity index (χ2v) is 7.49. The number of halogens is 2. The molecule has 0 atom stereocenters. The van der Waals surface area contributed by atoms with Crippen LogP contribution in [0.2, 0.25) is 10.0 Å². The number of nitrogens with zero attached hydrogens (tertiary/aromatic N) is 1. The predicted molar refractivity (Wildman–Crippen MR) is 86.6 cm³/mol. The predicted octanol–water partition coefficient (Wildman–Crippen LogP) is 2.43. The molecule has 1 aromatic heterocycles. The maximum Gasteiger partial charge on any atom is 0.251 e. The van der Waals surface area contributed by atoms with Gasteiger partial charge in [-0.2, -0.15) is 0 Å². The van der Waals surface area contributed by atoms with E-state index in [-0.39, 0.29) is 38.5 Å². The molecule has 2 N–H and O–H groups in total. The summed E-state index contributed by atoms with van der Waals surface area (Å²) in [5.41, 5.74) is 0.356. The largest absolute Gasteiger partial charge is 0.505 e. The van der Waals surface area contributed by atoms with E-state index in [0.717, 1.165) is 6.26 Å². The molecule has 6 nitrogen and oxygen atoms in total. The second-order valence-electron chi connectivity index (χ2n) is 4.69. The lowest BCUT2D eigenvalue weighted by Crippen LogP contribution is -2.24. The van der Waals surface area contributed by atoms with Crippen LogP contribution in [0.1, 0.15) is 16.1 Å². The zero-order valence-electron chi connectivity index (χ0n) is 11.9. The van der Waals surface area contributed by atoms with Crippen molar-refractivity contribution >= 4 is 38.9 Å². The van der Waals surface area contributed by atoms with Crippen LogP contribution in [0.4, 0.5) is 0 Å². The van der Waals surface area contributed by atoms with E-state index in [2.05, 4.69) is 10.3 Å². The first-order chi connectivity index (χ1) is 10.7. The van der Waals surface area contributed by atoms with Crippen LogP contribution in [0.25, 0.3) is 0 Å². The molecule has 23 heavy (non-hydrogen) atoms. The normalized spacial score (nSPS) is 11.3. The van der Waals surface area contributed by atoms with Gasteiger partial charge in [0.2, 0.25) is 0 Å². The molecule has 0 spiro atoms. The minimum atomic E-state index is -3.45. The van der Waals surface area contributed by atoms with Crippen molar-refractivity contribution < 1.29 is 18.3 Å². The van der Waals surface area contributed by atoms with Crippen LogP contribution in [0.3, 0.4) is 0 Å². The van der Waals surface area contributed by atoms with Gasteiger partial charge in [-0.15, -0.1) is 0 Å². The first-order valence-corrected chi connectivity index (χ1v) is 8.95. The Balaban J connectivity index is 2.21. The molecule has 9 heteroatoms. The number of carbonyl (C=O) groups excluding carboxylic acids is 1. The van der Waals surface area contributed by atoms with Crippen LogP contribution in [0.5, 0.6) is 5.75 Å². The smallest absolute Gasteiger partial charge is 0.251 e. The van der Waals surface area contributed by atoms with Crippen molar-refractivity contribution in [3.8, 4) is 5.75 Å². The van der Waals surface area contributed by atoms with Crippen LogP contribution in [-0.4, -0.2) is 30.7 Å². The summed E-state index contributed by atoms with van der Waals surface area (Å²) >= 11 is 11.5. The van der Waals surface area contributed by atoms with Crippen LogP contribution in [0, 0.1) is 0 Å². The Morgan fingerprint density at radius 1 is 1.30 bits per heavy atom. The fraction of sp³-hybridized carbons (Fsp3) is 0.143. The summed E-state index contributed by atoms with van der Waals surface area (Å²) in [6, 6.07) is 5.43. The van der Waals surface area contributed by atoms with Crippen LogP contribution in [0.15, 0.2) is 35.4 Å². The number of carbonyl (C=O) groups is 1. The SMILES string of the molecule is CS(=O)(=O)c1cccnc1CNC(=O)c1cc(Cl)c(O)c(Cl)c1. The van der Waals surface area contributed by atoms with Gasteiger partial charge in [0.1, 0.15) is 0 Å². The van der Waals surface area contributed by atoms with Crippen molar-refractivity contribution in [1.82, 2.24) is 10.3 Å². The summed E-state index contributed by atoms with van der Waals surface area (Å²) in [5, 5.41) is 11.9. The van der Waals surface area contributed by atoms with Crippen LogP contribution < -0.4 is 5.32 Å². The molecule has 0 saturated heterocycles. The van der Waals surface area contributed by atoms with E-state index in [1.54, 1.807) is 0 Å². The van der Waals surface area contributed by atoms with Gasteiger partial charge in [-0.1, -0.05) is 23.2 Å². The van der Waals surface area contributed by atoms with E-state index in [1.165, 1.54) is 30.5 Å². The first-order valence-electron chi connectivity index (χ1n) is 6.30. The highest BCUT2D eigenvalue weighted by molar-refractivity contribution is 7.90. The van der Waals surface area contributed by atoms with Crippen molar-refractivity contribution in [3.05, 3.63) is 51.8 Å². The molecule has 0 unspecified atom stereocenters. The number of phenolic OH excluding ortho intramolecular Hbond substituents is 1. The number of amides is 1. The number of hydrogen-bond donors (Lipinski definition) is 2. The Morgan fingerprint density at radius 2 is 1.91 bits per heavy atom. The van der Waals surface area contributed by atoms with E-state index in [1.807, 2.05) is 0 Å². The second kappa shape index (κ2) is 6.74. The van der Waals surface area contributed by atoms with Gasteiger partial charge in [0, 0.05) is 18.0 Å². The fourth-order valence-corrected chi connectivity index (χ4v) is 3.22. The molecule has 0 aliphatic rings. The monoisotopic (exact) mass is 374 g/mol. The number of sulfone groups is 1. The Kier molecular flexibility index (Phi) is 5.13. The molecule has 0 radical (unpaired) electrons. The highest BCUT2D eigenvalue weighted by Crippen LogP contribution is 2.32. The average molecular weight is 375 g/mol. The van der Waals surface area contributed by atoms with Gasteiger partial charge in [0.15, 0.2) is 15.6 Å². The Bertz CT molecular complexity index is 846. The summed E-state index contributed by atoms with van der Waals surface area (Å²) in [4.78, 5) is 16.1. The van der Waals surface area contributed by atoms with Gasteiger partial charge in [0.05, 0.1) is 27.2 Å². The fourth-order valence-electron chi connectivity index (χ4n) is 1.86. The molecule has 1 heterocycles. The molecule has 0 fully saturated rings. The average Bonchev–Trinajstić information content (AvgIpc) is 2.49. The topological polar surface area (TPSA) is 96.4 Å². The van der Waals surface area contributed by atoms with Gasteiger partial charge >= 0.3 is 0 Å². The maximum absolute atomic E-state index is 12.1. The molecular weight excluding hydrogens is 363 g/mol. The number of pyridine rings is 1. The third-order valence-corrected chi connectivity index (χ3v) is 4.69. The molecular formula is C14H12Cl2N2O4S. The summed E-state index contributed by atoms with van der Waals surface area (Å²) in [5.74, 6) is -0.840. The molecule has 2 rings (SSSR count). The van der Waals surface area contributed by atoms with Gasteiger partial charge in [-0.25, -0.2) is 8.42 Å². The summed E-state index contributed by atoms with van der Waals surface area (Å²) in [6.07, 6.45) is 2.50.